The number of carbonyl (C=O) groups excluding carboxylic acids is 1. The van der Waals surface area contributed by atoms with E-state index >= 15 is 0 Å². The van der Waals surface area contributed by atoms with Crippen LogP contribution in [0.3, 0.4) is 0 Å². The summed E-state index contributed by atoms with van der Waals surface area (Å²) in [6.07, 6.45) is 2.51. The Labute approximate surface area is 117 Å². The van der Waals surface area contributed by atoms with E-state index < -0.39 is 22.3 Å². The van der Waals surface area contributed by atoms with Crippen molar-refractivity contribution in [2.45, 2.75) is 18.5 Å². The van der Waals surface area contributed by atoms with Crippen LogP contribution in [0, 0.1) is 10.1 Å². The number of nitrogens with zero attached hydrogens (tertiary/aromatic N) is 3. The Balaban J connectivity index is 2.01. The third kappa shape index (κ3) is 2.90. The molecule has 0 aromatic carbocycles. The fourth-order valence-corrected chi connectivity index (χ4v) is 3.20. The molecule has 1 aliphatic heterocycles. The lowest BCUT2D eigenvalue weighted by molar-refractivity contribution is -0.385. The second kappa shape index (κ2) is 5.49. The van der Waals surface area contributed by atoms with Crippen molar-refractivity contribution in [3.63, 3.8) is 0 Å². The number of carboxylic acid groups (broad SMARTS) is 1. The molecule has 1 aromatic rings. The van der Waals surface area contributed by atoms with Crippen molar-refractivity contribution in [2.24, 2.45) is 0 Å². The van der Waals surface area contributed by atoms with E-state index in [2.05, 4.69) is 10.4 Å². The van der Waals surface area contributed by atoms with Gasteiger partial charge in [0.1, 0.15) is 24.5 Å². The molecule has 1 saturated heterocycles. The van der Waals surface area contributed by atoms with Gasteiger partial charge in [0.2, 0.25) is 5.91 Å². The summed E-state index contributed by atoms with van der Waals surface area (Å²) in [6, 6.07) is 0. The molecule has 108 valence electrons. The van der Waals surface area contributed by atoms with E-state index in [-0.39, 0.29) is 12.2 Å². The quantitative estimate of drug-likeness (QED) is 0.572. The number of amides is 1. The van der Waals surface area contributed by atoms with Crippen molar-refractivity contribution in [1.29, 1.82) is 0 Å². The predicted molar refractivity (Wildman–Crippen MR) is 69.3 cm³/mol. The molecule has 2 heterocycles. The van der Waals surface area contributed by atoms with Crippen LogP contribution < -0.4 is 5.32 Å². The average Bonchev–Trinajstić information content (AvgIpc) is 2.98. The minimum absolute atomic E-state index is 0.220. The van der Waals surface area contributed by atoms with Crippen LogP contribution >= 0.6 is 11.8 Å². The maximum absolute atomic E-state index is 11.8. The van der Waals surface area contributed by atoms with Crippen LogP contribution in [-0.2, 0) is 16.1 Å². The number of carboxylic acids is 1. The topological polar surface area (TPSA) is 127 Å². The molecule has 1 atom stereocenters. The molecule has 1 fully saturated rings. The number of rotatable bonds is 5. The molecule has 1 amide bonds. The van der Waals surface area contributed by atoms with Gasteiger partial charge in [-0.05, 0) is 12.2 Å². The van der Waals surface area contributed by atoms with Crippen LogP contribution in [0.2, 0.25) is 0 Å². The van der Waals surface area contributed by atoms with Gasteiger partial charge in [0.05, 0.1) is 4.92 Å². The molecule has 10 heteroatoms. The molecule has 1 aliphatic rings. The molecule has 0 saturated carbocycles. The average molecular weight is 300 g/mol. The van der Waals surface area contributed by atoms with Crippen molar-refractivity contribution < 1.29 is 19.6 Å². The monoisotopic (exact) mass is 300 g/mol. The highest BCUT2D eigenvalue weighted by molar-refractivity contribution is 7.99. The number of aromatic nitrogens is 2. The number of hydrogen-bond donors (Lipinski definition) is 2. The summed E-state index contributed by atoms with van der Waals surface area (Å²) in [7, 11) is 0. The Kier molecular flexibility index (Phi) is 3.93. The maximum atomic E-state index is 11.8. The van der Waals surface area contributed by atoms with E-state index in [1.807, 2.05) is 0 Å². The van der Waals surface area contributed by atoms with Crippen LogP contribution in [0.15, 0.2) is 12.4 Å². The molecular formula is C10H12N4O5S. The molecule has 2 N–H and O–H groups in total. The van der Waals surface area contributed by atoms with Crippen molar-refractivity contribution in [2.75, 3.05) is 11.5 Å². The van der Waals surface area contributed by atoms with E-state index in [9.17, 15) is 24.8 Å². The molecule has 1 unspecified atom stereocenters. The van der Waals surface area contributed by atoms with Crippen molar-refractivity contribution >= 4 is 29.3 Å². The summed E-state index contributed by atoms with van der Waals surface area (Å²) in [5.74, 6) is -0.622. The number of nitro groups is 1. The van der Waals surface area contributed by atoms with Gasteiger partial charge in [-0.15, -0.1) is 0 Å². The minimum atomic E-state index is -1.25. The summed E-state index contributed by atoms with van der Waals surface area (Å²) in [5.41, 5.74) is -1.47. The van der Waals surface area contributed by atoms with Gasteiger partial charge in [0.15, 0.2) is 0 Å². The molecule has 1 aromatic heterocycles. The number of aliphatic carboxylic acids is 1. The number of hydrogen-bond acceptors (Lipinski definition) is 6. The van der Waals surface area contributed by atoms with E-state index in [1.165, 1.54) is 11.8 Å². The Morgan fingerprint density at radius 3 is 2.90 bits per heavy atom. The fraction of sp³-hybridized carbons (Fsp3) is 0.500. The highest BCUT2D eigenvalue weighted by Gasteiger charge is 2.43. The Morgan fingerprint density at radius 2 is 2.40 bits per heavy atom. The molecule has 2 rings (SSSR count). The maximum Gasteiger partial charge on any atom is 0.330 e. The SMILES string of the molecule is O=C(Cn1cc([N+](=O)[O-])cn1)NC1(C(=O)O)CCSC1. The van der Waals surface area contributed by atoms with Crippen LogP contribution in [0.25, 0.3) is 0 Å². The summed E-state index contributed by atoms with van der Waals surface area (Å²) in [6.45, 7) is -0.256. The van der Waals surface area contributed by atoms with Crippen molar-refractivity contribution in [1.82, 2.24) is 15.1 Å². The first kappa shape index (κ1) is 14.3. The summed E-state index contributed by atoms with van der Waals surface area (Å²) in [5, 5.41) is 25.9. The Bertz CT molecular complexity index is 552. The minimum Gasteiger partial charge on any atom is -0.479 e. The standard InChI is InChI=1S/C10H12N4O5S/c15-8(5-13-4-7(3-11-13)14(18)19)12-10(9(16)17)1-2-20-6-10/h3-4H,1-2,5-6H2,(H,12,15)(H,16,17). The highest BCUT2D eigenvalue weighted by atomic mass is 32.2. The zero-order valence-corrected chi connectivity index (χ0v) is 11.1. The Morgan fingerprint density at radius 1 is 1.65 bits per heavy atom. The van der Waals surface area contributed by atoms with Gasteiger partial charge >= 0.3 is 11.7 Å². The molecule has 0 radical (unpaired) electrons. The molecule has 0 spiro atoms. The summed E-state index contributed by atoms with van der Waals surface area (Å²) >= 11 is 1.46. The Hall–Kier alpha value is -2.10. The molecule has 0 aliphatic carbocycles. The smallest absolute Gasteiger partial charge is 0.330 e. The molecule has 0 bridgehead atoms. The first-order valence-corrected chi connectivity index (χ1v) is 6.87. The molecule has 20 heavy (non-hydrogen) atoms. The summed E-state index contributed by atoms with van der Waals surface area (Å²) < 4.78 is 1.10. The predicted octanol–water partition coefficient (Wildman–Crippen LogP) is -0.132. The van der Waals surface area contributed by atoms with Gasteiger partial charge < -0.3 is 10.4 Å². The van der Waals surface area contributed by atoms with Crippen molar-refractivity contribution in [3.8, 4) is 0 Å². The van der Waals surface area contributed by atoms with Crippen LogP contribution in [-0.4, -0.2) is 48.7 Å². The second-order valence-corrected chi connectivity index (χ2v) is 5.50. The van der Waals surface area contributed by atoms with Gasteiger partial charge in [-0.25, -0.2) is 4.79 Å². The summed E-state index contributed by atoms with van der Waals surface area (Å²) in [4.78, 5) is 33.0. The normalized spacial score (nSPS) is 21.6. The zero-order valence-electron chi connectivity index (χ0n) is 10.3. The third-order valence-corrected chi connectivity index (χ3v) is 4.14. The van der Waals surface area contributed by atoms with Gasteiger partial charge in [-0.2, -0.15) is 16.9 Å². The van der Waals surface area contributed by atoms with Crippen LogP contribution in [0.5, 0.6) is 0 Å². The lowest BCUT2D eigenvalue weighted by Gasteiger charge is -2.24. The number of thioether (sulfide) groups is 1. The number of carbonyl (C=O) groups is 2. The van der Waals surface area contributed by atoms with Gasteiger partial charge in [0, 0.05) is 5.75 Å². The number of nitrogens with one attached hydrogen (secondary N) is 1. The fourth-order valence-electron chi connectivity index (χ4n) is 1.87. The lowest BCUT2D eigenvalue weighted by atomic mass is 9.99. The van der Waals surface area contributed by atoms with Crippen LogP contribution in [0.4, 0.5) is 5.69 Å². The van der Waals surface area contributed by atoms with E-state index in [0.717, 1.165) is 17.1 Å². The van der Waals surface area contributed by atoms with E-state index in [1.54, 1.807) is 0 Å². The van der Waals surface area contributed by atoms with E-state index in [4.69, 9.17) is 0 Å². The van der Waals surface area contributed by atoms with Crippen molar-refractivity contribution in [3.05, 3.63) is 22.5 Å². The first-order valence-electron chi connectivity index (χ1n) is 5.72. The first-order chi connectivity index (χ1) is 9.43. The van der Waals surface area contributed by atoms with Gasteiger partial charge in [-0.3, -0.25) is 19.6 Å². The van der Waals surface area contributed by atoms with Crippen LogP contribution in [0.1, 0.15) is 6.42 Å². The molecule has 9 nitrogen and oxygen atoms in total. The van der Waals surface area contributed by atoms with Gasteiger partial charge in [-0.1, -0.05) is 0 Å². The second-order valence-electron chi connectivity index (χ2n) is 4.39. The zero-order chi connectivity index (χ0) is 14.8. The third-order valence-electron chi connectivity index (χ3n) is 2.95. The van der Waals surface area contributed by atoms with Gasteiger partial charge in [0.25, 0.3) is 0 Å². The largest absolute Gasteiger partial charge is 0.479 e. The molecular weight excluding hydrogens is 288 g/mol. The lowest BCUT2D eigenvalue weighted by Crippen LogP contribution is -2.55. The van der Waals surface area contributed by atoms with E-state index in [0.29, 0.717) is 17.9 Å². The highest BCUT2D eigenvalue weighted by Crippen LogP contribution is 2.28.